The number of aliphatic hydroxyl groups excluding tert-OH is 1. The fraction of sp³-hybridized carbons (Fsp3) is 0.400. The average molecular weight is 540 g/mol. The van der Waals surface area contributed by atoms with Gasteiger partial charge in [0.05, 0.1) is 30.8 Å². The van der Waals surface area contributed by atoms with Crippen LogP contribution in [0.4, 0.5) is 0 Å². The van der Waals surface area contributed by atoms with Crippen LogP contribution in [-0.2, 0) is 37.3 Å². The zero-order chi connectivity index (χ0) is 27.1. The summed E-state index contributed by atoms with van der Waals surface area (Å²) in [5.41, 5.74) is 2.84. The van der Waals surface area contributed by atoms with Crippen molar-refractivity contribution in [2.75, 3.05) is 6.61 Å². The minimum Gasteiger partial charge on any atom is -0.374 e. The minimum absolute atomic E-state index is 0.0553. The third-order valence-corrected chi connectivity index (χ3v) is 8.79. The number of hydrogen-bond donors (Lipinski definition) is 2. The van der Waals surface area contributed by atoms with Crippen LogP contribution in [0.15, 0.2) is 89.8 Å². The summed E-state index contributed by atoms with van der Waals surface area (Å²) < 4.78 is 46.7. The van der Waals surface area contributed by atoms with E-state index in [0.29, 0.717) is 6.61 Å². The molecule has 1 fully saturated rings. The summed E-state index contributed by atoms with van der Waals surface area (Å²) >= 11 is 0. The molecule has 7 nitrogen and oxygen atoms in total. The van der Waals surface area contributed by atoms with Crippen LogP contribution in [-0.4, -0.2) is 56.0 Å². The van der Waals surface area contributed by atoms with Gasteiger partial charge in [0.1, 0.15) is 17.5 Å². The molecule has 0 bridgehead atoms. The molecule has 3 aromatic rings. The summed E-state index contributed by atoms with van der Waals surface area (Å²) in [4.78, 5) is 0.176. The number of aryl methyl sites for hydroxylation is 1. The predicted octanol–water partition coefficient (Wildman–Crippen LogP) is 4.02. The van der Waals surface area contributed by atoms with Gasteiger partial charge >= 0.3 is 0 Å². The molecule has 0 unspecified atom stereocenters. The smallest absolute Gasteiger partial charge is 0.185 e. The van der Waals surface area contributed by atoms with E-state index in [4.69, 9.17) is 14.2 Å². The number of nitrogens with one attached hydrogen (secondary N) is 1. The molecule has 1 aliphatic rings. The van der Waals surface area contributed by atoms with Crippen molar-refractivity contribution in [2.24, 2.45) is 0 Å². The van der Waals surface area contributed by atoms with Crippen LogP contribution in [0.25, 0.3) is 0 Å². The molecule has 5 atom stereocenters. The lowest BCUT2D eigenvalue weighted by Gasteiger charge is -2.45. The van der Waals surface area contributed by atoms with Gasteiger partial charge in [0, 0.05) is 6.04 Å². The van der Waals surface area contributed by atoms with E-state index < -0.39 is 39.6 Å². The van der Waals surface area contributed by atoms with Crippen LogP contribution in [0, 0.1) is 6.92 Å². The van der Waals surface area contributed by atoms with E-state index in [1.54, 1.807) is 24.3 Å². The molecule has 38 heavy (non-hydrogen) atoms. The molecule has 3 aromatic carbocycles. The van der Waals surface area contributed by atoms with Gasteiger partial charge in [-0.2, -0.15) is 0 Å². The zero-order valence-corrected chi connectivity index (χ0v) is 22.9. The molecule has 0 amide bonds. The van der Waals surface area contributed by atoms with Gasteiger partial charge in [-0.25, -0.2) is 8.42 Å². The van der Waals surface area contributed by atoms with Gasteiger partial charge in [-0.15, -0.1) is 0 Å². The van der Waals surface area contributed by atoms with Gasteiger partial charge in [-0.05, 0) is 30.2 Å². The second kappa shape index (κ2) is 13.0. The van der Waals surface area contributed by atoms with Gasteiger partial charge in [0.25, 0.3) is 0 Å². The summed E-state index contributed by atoms with van der Waals surface area (Å²) in [5.74, 6) is 0. The maximum absolute atomic E-state index is 14.2. The Labute approximate surface area is 225 Å². The Bertz CT molecular complexity index is 1230. The fourth-order valence-corrected chi connectivity index (χ4v) is 6.74. The van der Waals surface area contributed by atoms with Crippen LogP contribution >= 0.6 is 0 Å². The Hall–Kier alpha value is -2.59. The number of hydrogen-bond acceptors (Lipinski definition) is 7. The van der Waals surface area contributed by atoms with Gasteiger partial charge in [0.2, 0.25) is 0 Å². The number of ether oxygens (including phenoxy) is 3. The van der Waals surface area contributed by atoms with E-state index >= 15 is 0 Å². The van der Waals surface area contributed by atoms with Crippen LogP contribution in [0.1, 0.15) is 30.5 Å². The SMILES string of the molecule is Cc1ccc(S(=O)(=O)[C@@H]2[C@@H](NC(C)C)[C@@H](O)O[C@H](COCc3ccccc3)[C@H]2OCc2ccccc2)cc1. The average Bonchev–Trinajstić information content (AvgIpc) is 2.90. The summed E-state index contributed by atoms with van der Waals surface area (Å²) in [6.07, 6.45) is -3.09. The van der Waals surface area contributed by atoms with Crippen LogP contribution in [0.2, 0.25) is 0 Å². The summed E-state index contributed by atoms with van der Waals surface area (Å²) in [6, 6.07) is 25.0. The minimum atomic E-state index is -3.95. The first kappa shape index (κ1) is 28.4. The number of aliphatic hydroxyl groups is 1. The van der Waals surface area contributed by atoms with E-state index in [1.807, 2.05) is 81.4 Å². The molecule has 0 radical (unpaired) electrons. The lowest BCUT2D eigenvalue weighted by molar-refractivity contribution is -0.235. The Morgan fingerprint density at radius 2 is 1.47 bits per heavy atom. The number of sulfone groups is 1. The third-order valence-electron chi connectivity index (χ3n) is 6.58. The Balaban J connectivity index is 1.68. The first-order valence-corrected chi connectivity index (χ1v) is 14.5. The number of benzene rings is 3. The molecule has 0 aromatic heterocycles. The van der Waals surface area contributed by atoms with Crippen molar-refractivity contribution in [2.45, 2.75) is 74.7 Å². The lowest BCUT2D eigenvalue weighted by Crippen LogP contribution is -2.67. The standard InChI is InChI=1S/C30H37NO6S/c1-21(2)31-27-29(38(33,34)25-16-14-22(3)15-17-25)28(36-19-24-12-8-5-9-13-24)26(37-30(27)32)20-35-18-23-10-6-4-7-11-23/h4-17,21,26-32H,18-20H2,1-3H3/t26-,27-,28-,29-,30+/m1/s1. The van der Waals surface area contributed by atoms with Gasteiger partial charge in [-0.3, -0.25) is 0 Å². The molecular weight excluding hydrogens is 502 g/mol. The molecule has 0 saturated carbocycles. The van der Waals surface area contributed by atoms with Crippen molar-refractivity contribution in [1.29, 1.82) is 0 Å². The highest BCUT2D eigenvalue weighted by atomic mass is 32.2. The largest absolute Gasteiger partial charge is 0.374 e. The topological polar surface area (TPSA) is 94.1 Å². The first-order valence-electron chi connectivity index (χ1n) is 12.9. The van der Waals surface area contributed by atoms with Crippen molar-refractivity contribution < 1.29 is 27.7 Å². The maximum Gasteiger partial charge on any atom is 0.185 e. The molecule has 204 valence electrons. The highest BCUT2D eigenvalue weighted by Crippen LogP contribution is 2.33. The van der Waals surface area contributed by atoms with E-state index in [1.165, 1.54) is 0 Å². The highest BCUT2D eigenvalue weighted by molar-refractivity contribution is 7.92. The second-order valence-corrected chi connectivity index (χ2v) is 12.1. The monoisotopic (exact) mass is 539 g/mol. The van der Waals surface area contributed by atoms with Gasteiger partial charge in [0.15, 0.2) is 16.1 Å². The zero-order valence-electron chi connectivity index (χ0n) is 22.1. The third kappa shape index (κ3) is 7.08. The summed E-state index contributed by atoms with van der Waals surface area (Å²) in [6.45, 7) is 6.28. The van der Waals surface area contributed by atoms with Crippen molar-refractivity contribution in [3.8, 4) is 0 Å². The van der Waals surface area contributed by atoms with Crippen LogP contribution in [0.5, 0.6) is 0 Å². The second-order valence-electron chi connectivity index (χ2n) is 10.00. The fourth-order valence-electron chi connectivity index (χ4n) is 4.71. The lowest BCUT2D eigenvalue weighted by atomic mass is 9.98. The molecular formula is C30H37NO6S. The van der Waals surface area contributed by atoms with E-state index in [9.17, 15) is 13.5 Å². The summed E-state index contributed by atoms with van der Waals surface area (Å²) in [7, 11) is -3.95. The van der Waals surface area contributed by atoms with Gasteiger partial charge < -0.3 is 24.6 Å². The Morgan fingerprint density at radius 1 is 0.895 bits per heavy atom. The van der Waals surface area contributed by atoms with Crippen LogP contribution in [0.3, 0.4) is 0 Å². The maximum atomic E-state index is 14.2. The van der Waals surface area contributed by atoms with E-state index in [2.05, 4.69) is 5.32 Å². The van der Waals surface area contributed by atoms with Gasteiger partial charge in [-0.1, -0.05) is 92.2 Å². The normalized spacial score (nSPS) is 24.0. The molecule has 4 rings (SSSR count). The molecule has 1 saturated heterocycles. The Morgan fingerprint density at radius 3 is 2.05 bits per heavy atom. The quantitative estimate of drug-likeness (QED) is 0.380. The van der Waals surface area contributed by atoms with E-state index in [0.717, 1.165) is 16.7 Å². The molecule has 1 aliphatic heterocycles. The van der Waals surface area contributed by atoms with Crippen molar-refractivity contribution >= 4 is 9.84 Å². The number of rotatable bonds is 11. The molecule has 8 heteroatoms. The first-order chi connectivity index (χ1) is 18.3. The molecule has 0 aliphatic carbocycles. The van der Waals surface area contributed by atoms with Crippen molar-refractivity contribution in [3.63, 3.8) is 0 Å². The predicted molar refractivity (Wildman–Crippen MR) is 146 cm³/mol. The van der Waals surface area contributed by atoms with Crippen molar-refractivity contribution in [3.05, 3.63) is 102 Å². The van der Waals surface area contributed by atoms with Crippen LogP contribution < -0.4 is 5.32 Å². The molecule has 2 N–H and O–H groups in total. The van der Waals surface area contributed by atoms with Crippen molar-refractivity contribution in [1.82, 2.24) is 5.32 Å². The molecule has 0 spiro atoms. The Kier molecular flexibility index (Phi) is 9.70. The summed E-state index contributed by atoms with van der Waals surface area (Å²) in [5, 5.41) is 13.2. The molecule has 1 heterocycles. The van der Waals surface area contributed by atoms with E-state index in [-0.39, 0.29) is 24.2 Å². The highest BCUT2D eigenvalue weighted by Gasteiger charge is 2.52.